The molecule has 3 aromatic heterocycles. The number of halogens is 2. The van der Waals surface area contributed by atoms with Crippen LogP contribution in [0.4, 0.5) is 14.6 Å². The van der Waals surface area contributed by atoms with Gasteiger partial charge in [0, 0.05) is 17.0 Å². The quantitative estimate of drug-likeness (QED) is 0.610. The van der Waals surface area contributed by atoms with E-state index in [2.05, 4.69) is 24.9 Å². The maximum absolute atomic E-state index is 13.6. The van der Waals surface area contributed by atoms with E-state index >= 15 is 0 Å². The monoisotopic (exact) mass is 472 g/mol. The van der Waals surface area contributed by atoms with Crippen molar-refractivity contribution in [3.63, 3.8) is 0 Å². The Hall–Kier alpha value is -3.51. The summed E-state index contributed by atoms with van der Waals surface area (Å²) in [5.74, 6) is -0.238. The zero-order valence-electron chi connectivity index (χ0n) is 18.4. The zero-order chi connectivity index (χ0) is 24.0. The molecule has 178 valence electrons. The summed E-state index contributed by atoms with van der Waals surface area (Å²) in [6.45, 7) is 1.62. The number of ether oxygens (including phenoxy) is 3. The molecule has 12 heteroatoms. The highest BCUT2D eigenvalue weighted by Gasteiger charge is 2.36. The number of nitrogens with zero attached hydrogens (tertiary/aromatic N) is 5. The number of morpholine rings is 1. The first-order valence-corrected chi connectivity index (χ1v) is 10.7. The van der Waals surface area contributed by atoms with Crippen molar-refractivity contribution in [3.05, 3.63) is 46.9 Å². The van der Waals surface area contributed by atoms with Crippen LogP contribution in [-0.4, -0.2) is 56.8 Å². The summed E-state index contributed by atoms with van der Waals surface area (Å²) in [4.78, 5) is 24.0. The molecular weight excluding hydrogens is 450 g/mol. The Kier molecular flexibility index (Phi) is 5.70. The van der Waals surface area contributed by atoms with Crippen LogP contribution >= 0.6 is 0 Å². The summed E-state index contributed by atoms with van der Waals surface area (Å²) in [6, 6.07) is 3.60. The lowest BCUT2D eigenvalue weighted by atomic mass is 10.0. The van der Waals surface area contributed by atoms with E-state index in [0.717, 1.165) is 16.5 Å². The van der Waals surface area contributed by atoms with Gasteiger partial charge in [-0.2, -0.15) is 8.78 Å². The number of rotatable bonds is 4. The lowest BCUT2D eigenvalue weighted by Gasteiger charge is -2.39. The Morgan fingerprint density at radius 2 is 2.09 bits per heavy atom. The van der Waals surface area contributed by atoms with Gasteiger partial charge in [0.1, 0.15) is 11.5 Å². The highest BCUT2D eigenvalue weighted by molar-refractivity contribution is 5.97. The molecule has 0 bridgehead atoms. The largest absolute Gasteiger partial charge is 0.415 e. The molecule has 0 aliphatic carbocycles. The molecule has 2 N–H and O–H groups in total. The minimum atomic E-state index is -3.00. The number of alkyl halides is 2. The predicted molar refractivity (Wildman–Crippen MR) is 115 cm³/mol. The van der Waals surface area contributed by atoms with Crippen molar-refractivity contribution < 1.29 is 27.8 Å². The Morgan fingerprint density at radius 1 is 1.26 bits per heavy atom. The van der Waals surface area contributed by atoms with Crippen molar-refractivity contribution in [1.29, 1.82) is 0 Å². The molecule has 0 saturated carbocycles. The van der Waals surface area contributed by atoms with Crippen molar-refractivity contribution in [3.8, 4) is 5.88 Å². The van der Waals surface area contributed by atoms with Gasteiger partial charge in [-0.1, -0.05) is 0 Å². The van der Waals surface area contributed by atoms with Crippen LogP contribution in [0.25, 0.3) is 10.9 Å². The second-order valence-corrected chi connectivity index (χ2v) is 8.22. The van der Waals surface area contributed by atoms with E-state index < -0.39 is 12.7 Å². The van der Waals surface area contributed by atoms with E-state index in [1.54, 1.807) is 11.0 Å². The summed E-state index contributed by atoms with van der Waals surface area (Å²) >= 11 is 0. The van der Waals surface area contributed by atoms with Gasteiger partial charge in [-0.3, -0.25) is 4.79 Å². The molecule has 0 aromatic carbocycles. The van der Waals surface area contributed by atoms with Gasteiger partial charge in [-0.25, -0.2) is 9.97 Å². The molecule has 2 aliphatic heterocycles. The second kappa shape index (κ2) is 8.69. The number of hydrogen-bond acceptors (Lipinski definition) is 9. The van der Waals surface area contributed by atoms with E-state index in [9.17, 15) is 13.6 Å². The lowest BCUT2D eigenvalue weighted by molar-refractivity contribution is -0.0538. The fourth-order valence-corrected chi connectivity index (χ4v) is 4.47. The number of nitrogens with two attached hydrogens (primary N) is 1. The number of fused-ring (bicyclic) bond motifs is 3. The molecule has 1 amide bonds. The molecule has 5 heterocycles. The lowest BCUT2D eigenvalue weighted by Crippen LogP contribution is -2.49. The Morgan fingerprint density at radius 3 is 2.82 bits per heavy atom. The number of anilines is 1. The van der Waals surface area contributed by atoms with Gasteiger partial charge in [0.05, 0.1) is 55.4 Å². The number of hydrogen-bond donors (Lipinski definition) is 1. The zero-order valence-corrected chi connectivity index (χ0v) is 18.4. The Bertz CT molecular complexity index is 1240. The van der Waals surface area contributed by atoms with E-state index in [-0.39, 0.29) is 36.2 Å². The van der Waals surface area contributed by atoms with Gasteiger partial charge in [-0.15, -0.1) is 10.2 Å². The molecule has 0 radical (unpaired) electrons. The number of nitrogen functional groups attached to an aromatic ring is 1. The fourth-order valence-electron chi connectivity index (χ4n) is 4.47. The van der Waals surface area contributed by atoms with Crippen LogP contribution < -0.4 is 10.5 Å². The first kappa shape index (κ1) is 22.3. The number of pyridine rings is 2. The molecule has 1 fully saturated rings. The maximum atomic E-state index is 13.6. The average Bonchev–Trinajstić information content (AvgIpc) is 3.21. The van der Waals surface area contributed by atoms with E-state index in [1.165, 1.54) is 18.3 Å². The van der Waals surface area contributed by atoms with Crippen LogP contribution in [0.3, 0.4) is 0 Å². The Labute approximate surface area is 193 Å². The number of aromatic nitrogens is 4. The van der Waals surface area contributed by atoms with Crippen LogP contribution in [0, 0.1) is 0 Å². The SMILES string of the molecule is C[C@@H]1COC[C@H](c2ccc(OC(F)F)nn2)N1C(=O)c1cc2c3c(c(N)nc2cn1)[C@@H](C)OC3. The molecule has 3 atom stereocenters. The number of carbonyl (C=O) groups is 1. The summed E-state index contributed by atoms with van der Waals surface area (Å²) in [5.41, 5.74) is 9.04. The van der Waals surface area contributed by atoms with Gasteiger partial charge >= 0.3 is 6.61 Å². The summed E-state index contributed by atoms with van der Waals surface area (Å²) in [5, 5.41) is 8.44. The maximum Gasteiger partial charge on any atom is 0.388 e. The van der Waals surface area contributed by atoms with E-state index in [1.807, 2.05) is 13.8 Å². The molecular formula is C22H22F2N6O4. The van der Waals surface area contributed by atoms with E-state index in [0.29, 0.717) is 30.2 Å². The van der Waals surface area contributed by atoms with Gasteiger partial charge in [0.25, 0.3) is 5.91 Å². The van der Waals surface area contributed by atoms with Crippen LogP contribution in [0.2, 0.25) is 0 Å². The standard InChI is InChI=1S/C22H22F2N6O4/c1-10-7-32-9-17(14-3-4-18(29-28-14)34-22(23)24)30(10)21(31)15-5-12-13-8-33-11(2)19(13)20(25)27-16(12)6-26-15/h3-6,10-11,17,22H,7-9H2,1-2H3,(H2,25,27)/t10-,11-,17-/m1/s1. The average molecular weight is 472 g/mol. The van der Waals surface area contributed by atoms with Crippen LogP contribution in [0.15, 0.2) is 24.4 Å². The fraction of sp³-hybridized carbons (Fsp3) is 0.409. The smallest absolute Gasteiger partial charge is 0.388 e. The van der Waals surface area contributed by atoms with Crippen molar-refractivity contribution in [2.45, 2.75) is 45.3 Å². The highest BCUT2D eigenvalue weighted by Crippen LogP contribution is 2.38. The van der Waals surface area contributed by atoms with E-state index in [4.69, 9.17) is 15.2 Å². The molecule has 0 unspecified atom stereocenters. The first-order valence-electron chi connectivity index (χ1n) is 10.7. The molecule has 1 saturated heterocycles. The van der Waals surface area contributed by atoms with Crippen molar-refractivity contribution in [2.75, 3.05) is 18.9 Å². The summed E-state index contributed by atoms with van der Waals surface area (Å²) in [6.07, 6.45) is 1.34. The minimum Gasteiger partial charge on any atom is -0.415 e. The highest BCUT2D eigenvalue weighted by atomic mass is 19.3. The van der Waals surface area contributed by atoms with Gasteiger partial charge in [-0.05, 0) is 31.5 Å². The molecule has 5 rings (SSSR count). The summed E-state index contributed by atoms with van der Waals surface area (Å²) < 4.78 is 40.5. The molecule has 0 spiro atoms. The molecule has 2 aliphatic rings. The first-order chi connectivity index (χ1) is 16.3. The Balaban J connectivity index is 1.50. The van der Waals surface area contributed by atoms with Crippen LogP contribution in [0.5, 0.6) is 5.88 Å². The van der Waals surface area contributed by atoms with Crippen molar-refractivity contribution in [2.24, 2.45) is 0 Å². The topological polar surface area (TPSA) is 126 Å². The van der Waals surface area contributed by atoms with Gasteiger partial charge < -0.3 is 24.8 Å². The number of amides is 1. The third-order valence-corrected chi connectivity index (χ3v) is 6.05. The third-order valence-electron chi connectivity index (χ3n) is 6.05. The van der Waals surface area contributed by atoms with Gasteiger partial charge in [0.15, 0.2) is 0 Å². The van der Waals surface area contributed by atoms with Crippen molar-refractivity contribution in [1.82, 2.24) is 25.1 Å². The molecule has 3 aromatic rings. The normalized spacial score (nSPS) is 22.3. The van der Waals surface area contributed by atoms with Crippen LogP contribution in [-0.2, 0) is 16.1 Å². The molecule has 10 nitrogen and oxygen atoms in total. The third kappa shape index (κ3) is 3.88. The second-order valence-electron chi connectivity index (χ2n) is 8.22. The summed E-state index contributed by atoms with van der Waals surface area (Å²) in [7, 11) is 0. The molecule has 34 heavy (non-hydrogen) atoms. The number of carbonyl (C=O) groups excluding carboxylic acids is 1. The van der Waals surface area contributed by atoms with Crippen molar-refractivity contribution >= 4 is 22.6 Å². The van der Waals surface area contributed by atoms with Gasteiger partial charge in [0.2, 0.25) is 5.88 Å². The predicted octanol–water partition coefficient (Wildman–Crippen LogP) is 2.80. The van der Waals surface area contributed by atoms with Crippen LogP contribution in [0.1, 0.15) is 53.3 Å². The minimum absolute atomic E-state index is 0.173.